The van der Waals surface area contributed by atoms with Crippen LogP contribution in [0.5, 0.6) is 0 Å². The van der Waals surface area contributed by atoms with E-state index in [1.165, 1.54) is 11.6 Å². The molecule has 2 rings (SSSR count). The van der Waals surface area contributed by atoms with E-state index in [0.717, 1.165) is 0 Å². The third kappa shape index (κ3) is 2.59. The molecule has 0 aliphatic rings. The van der Waals surface area contributed by atoms with Gasteiger partial charge in [0.2, 0.25) is 0 Å². The van der Waals surface area contributed by atoms with Gasteiger partial charge in [0, 0.05) is 11.6 Å². The molecule has 1 N–H and O–H groups in total. The highest BCUT2D eigenvalue weighted by Crippen LogP contribution is 2.25. The van der Waals surface area contributed by atoms with E-state index in [0.29, 0.717) is 5.56 Å². The number of aromatic nitrogens is 1. The Bertz CT molecular complexity index is 629. The Kier molecular flexibility index (Phi) is 2.95. The highest BCUT2D eigenvalue weighted by molar-refractivity contribution is 5.57. The van der Waals surface area contributed by atoms with Gasteiger partial charge in [-0.05, 0) is 11.0 Å². The van der Waals surface area contributed by atoms with Crippen LogP contribution in [0, 0.1) is 0 Å². The molecule has 0 aliphatic carbocycles. The average Bonchev–Trinajstić information content (AvgIpc) is 2.27. The van der Waals surface area contributed by atoms with Gasteiger partial charge in [0.05, 0.1) is 0 Å². The van der Waals surface area contributed by atoms with Gasteiger partial charge in [0.25, 0.3) is 5.56 Å². The molecule has 1 aromatic heterocycles. The molecule has 1 aromatic carbocycles. The summed E-state index contributed by atoms with van der Waals surface area (Å²) in [6, 6.07) is 8.90. The maximum absolute atomic E-state index is 11.2. The van der Waals surface area contributed by atoms with Gasteiger partial charge in [0.1, 0.15) is 5.76 Å². The minimum atomic E-state index is -0.739. The third-order valence-electron chi connectivity index (χ3n) is 2.73. The van der Waals surface area contributed by atoms with Crippen LogP contribution in [0.2, 0.25) is 0 Å². The van der Waals surface area contributed by atoms with Crippen LogP contribution in [-0.4, -0.2) is 4.98 Å². The van der Waals surface area contributed by atoms with Crippen molar-refractivity contribution in [2.75, 3.05) is 0 Å². The summed E-state index contributed by atoms with van der Waals surface area (Å²) < 4.78 is 4.96. The fraction of sp³-hybridized carbons (Fsp3) is 0.286. The van der Waals surface area contributed by atoms with Gasteiger partial charge >= 0.3 is 5.76 Å². The van der Waals surface area contributed by atoms with E-state index in [9.17, 15) is 9.59 Å². The van der Waals surface area contributed by atoms with Crippen molar-refractivity contribution in [1.82, 2.24) is 4.98 Å². The molecule has 1 heterocycles. The SMILES string of the molecule is CC(C)(C)c1ccc(-c2cc(=O)[nH]c(=O)o2)cc1. The van der Waals surface area contributed by atoms with Crippen molar-refractivity contribution in [2.45, 2.75) is 26.2 Å². The van der Waals surface area contributed by atoms with Crippen LogP contribution in [0.15, 0.2) is 44.3 Å². The summed E-state index contributed by atoms with van der Waals surface area (Å²) in [5.41, 5.74) is 1.50. The Balaban J connectivity index is 2.47. The number of benzene rings is 1. The zero-order chi connectivity index (χ0) is 13.3. The van der Waals surface area contributed by atoms with Gasteiger partial charge in [-0.25, -0.2) is 4.79 Å². The smallest absolute Gasteiger partial charge is 0.409 e. The van der Waals surface area contributed by atoms with Crippen LogP contribution in [0.25, 0.3) is 11.3 Å². The maximum atomic E-state index is 11.2. The maximum Gasteiger partial charge on any atom is 0.419 e. The second-order valence-corrected chi connectivity index (χ2v) is 5.21. The van der Waals surface area contributed by atoms with E-state index in [1.807, 2.05) is 29.2 Å². The third-order valence-corrected chi connectivity index (χ3v) is 2.73. The van der Waals surface area contributed by atoms with Gasteiger partial charge < -0.3 is 4.42 Å². The van der Waals surface area contributed by atoms with Crippen molar-refractivity contribution in [1.29, 1.82) is 0 Å². The zero-order valence-electron chi connectivity index (χ0n) is 10.6. The molecule has 0 saturated heterocycles. The second-order valence-electron chi connectivity index (χ2n) is 5.21. The first-order valence-electron chi connectivity index (χ1n) is 5.72. The lowest BCUT2D eigenvalue weighted by Crippen LogP contribution is -2.17. The molecule has 94 valence electrons. The Hall–Kier alpha value is -2.10. The van der Waals surface area contributed by atoms with Crippen LogP contribution < -0.4 is 11.3 Å². The summed E-state index contributed by atoms with van der Waals surface area (Å²) >= 11 is 0. The first-order valence-corrected chi connectivity index (χ1v) is 5.72. The molecule has 18 heavy (non-hydrogen) atoms. The highest BCUT2D eigenvalue weighted by Gasteiger charge is 2.13. The van der Waals surface area contributed by atoms with E-state index in [-0.39, 0.29) is 11.2 Å². The number of hydrogen-bond acceptors (Lipinski definition) is 3. The average molecular weight is 245 g/mol. The molecule has 4 nitrogen and oxygen atoms in total. The molecule has 2 aromatic rings. The minimum Gasteiger partial charge on any atom is -0.409 e. The lowest BCUT2D eigenvalue weighted by atomic mass is 9.86. The lowest BCUT2D eigenvalue weighted by molar-refractivity contribution is 0.494. The summed E-state index contributed by atoms with van der Waals surface area (Å²) in [5, 5.41) is 0. The molecule has 0 bridgehead atoms. The van der Waals surface area contributed by atoms with E-state index in [2.05, 4.69) is 20.8 Å². The van der Waals surface area contributed by atoms with Gasteiger partial charge in [-0.15, -0.1) is 0 Å². The second kappa shape index (κ2) is 4.29. The Morgan fingerprint density at radius 1 is 1.06 bits per heavy atom. The van der Waals surface area contributed by atoms with Crippen molar-refractivity contribution in [3.8, 4) is 11.3 Å². The number of rotatable bonds is 1. The number of aromatic amines is 1. The fourth-order valence-electron chi connectivity index (χ4n) is 1.69. The monoisotopic (exact) mass is 245 g/mol. The summed E-state index contributed by atoms with van der Waals surface area (Å²) in [5.74, 6) is -0.457. The molecule has 0 amide bonds. The number of H-pyrrole nitrogens is 1. The van der Waals surface area contributed by atoms with Crippen molar-refractivity contribution >= 4 is 0 Å². The molecule has 0 radical (unpaired) electrons. The van der Waals surface area contributed by atoms with Crippen molar-refractivity contribution in [2.24, 2.45) is 0 Å². The predicted octanol–water partition coefficient (Wildman–Crippen LogP) is 2.29. The van der Waals surface area contributed by atoms with Gasteiger partial charge in [0.15, 0.2) is 0 Å². The Morgan fingerprint density at radius 3 is 2.17 bits per heavy atom. The number of hydrogen-bond donors (Lipinski definition) is 1. The molecule has 0 spiro atoms. The van der Waals surface area contributed by atoms with Gasteiger partial charge in [-0.1, -0.05) is 45.0 Å². The molecule has 0 unspecified atom stereocenters. The van der Waals surface area contributed by atoms with E-state index < -0.39 is 11.3 Å². The van der Waals surface area contributed by atoms with Crippen molar-refractivity contribution in [3.63, 3.8) is 0 Å². The van der Waals surface area contributed by atoms with Crippen LogP contribution in [0.1, 0.15) is 26.3 Å². The summed E-state index contributed by atoms with van der Waals surface area (Å²) in [4.78, 5) is 24.3. The van der Waals surface area contributed by atoms with E-state index in [1.54, 1.807) is 0 Å². The minimum absolute atomic E-state index is 0.0630. The molecule has 0 saturated carbocycles. The quantitative estimate of drug-likeness (QED) is 0.838. The summed E-state index contributed by atoms with van der Waals surface area (Å²) in [7, 11) is 0. The molecular weight excluding hydrogens is 230 g/mol. The van der Waals surface area contributed by atoms with Crippen molar-refractivity contribution in [3.05, 3.63) is 56.8 Å². The fourth-order valence-corrected chi connectivity index (χ4v) is 1.69. The first kappa shape index (κ1) is 12.4. The van der Waals surface area contributed by atoms with E-state index in [4.69, 9.17) is 4.42 Å². The van der Waals surface area contributed by atoms with Crippen LogP contribution in [0.4, 0.5) is 0 Å². The molecular formula is C14H15NO3. The molecule has 4 heteroatoms. The summed E-state index contributed by atoms with van der Waals surface area (Å²) in [6.07, 6.45) is 0. The predicted molar refractivity (Wildman–Crippen MR) is 69.7 cm³/mol. The standard InChI is InChI=1S/C14H15NO3/c1-14(2,3)10-6-4-9(5-7-10)11-8-12(16)15-13(17)18-11/h4-8H,1-3H3,(H,15,16,17). The van der Waals surface area contributed by atoms with Crippen LogP contribution in [-0.2, 0) is 5.41 Å². The lowest BCUT2D eigenvalue weighted by Gasteiger charge is -2.18. The van der Waals surface area contributed by atoms with Gasteiger partial charge in [-0.3, -0.25) is 9.78 Å². The van der Waals surface area contributed by atoms with E-state index >= 15 is 0 Å². The first-order chi connectivity index (χ1) is 8.36. The molecule has 0 fully saturated rings. The largest absolute Gasteiger partial charge is 0.419 e. The zero-order valence-corrected chi connectivity index (χ0v) is 10.6. The molecule has 0 atom stereocenters. The number of nitrogens with one attached hydrogen (secondary N) is 1. The van der Waals surface area contributed by atoms with Crippen LogP contribution in [0.3, 0.4) is 0 Å². The van der Waals surface area contributed by atoms with Crippen LogP contribution >= 0.6 is 0 Å². The normalized spacial score (nSPS) is 11.5. The Labute approximate surface area is 104 Å². The Morgan fingerprint density at radius 2 is 1.67 bits per heavy atom. The topological polar surface area (TPSA) is 63.1 Å². The summed E-state index contributed by atoms with van der Waals surface area (Å²) in [6.45, 7) is 6.36. The molecule has 0 aliphatic heterocycles. The van der Waals surface area contributed by atoms with Gasteiger partial charge in [-0.2, -0.15) is 0 Å². The highest BCUT2D eigenvalue weighted by atomic mass is 16.4. The van der Waals surface area contributed by atoms with Crippen molar-refractivity contribution < 1.29 is 4.42 Å².